The SMILES string of the molecule is CCCCCCCCOCCOCCOCCOCCOCCOCCOCCOCCOCCOCCOC. The van der Waals surface area contributed by atoms with Crippen molar-refractivity contribution >= 4 is 0 Å². The van der Waals surface area contributed by atoms with Crippen LogP contribution in [0.4, 0.5) is 0 Å². The molecule has 0 fully saturated rings. The second kappa shape index (κ2) is 38.6. The van der Waals surface area contributed by atoms with Gasteiger partial charge in [-0.3, -0.25) is 0 Å². The smallest absolute Gasteiger partial charge is 0.0701 e. The van der Waals surface area contributed by atoms with E-state index in [1.807, 2.05) is 0 Å². The predicted molar refractivity (Wildman–Crippen MR) is 153 cm³/mol. The Balaban J connectivity index is 3.01. The Morgan fingerprint density at radius 1 is 0.250 bits per heavy atom. The van der Waals surface area contributed by atoms with E-state index < -0.39 is 0 Å². The molecule has 0 atom stereocenters. The highest BCUT2D eigenvalue weighted by Gasteiger charge is 1.96. The van der Waals surface area contributed by atoms with Crippen molar-refractivity contribution in [2.24, 2.45) is 0 Å². The summed E-state index contributed by atoms with van der Waals surface area (Å²) < 4.78 is 59.5. The highest BCUT2D eigenvalue weighted by atomic mass is 16.6. The zero-order valence-corrected chi connectivity index (χ0v) is 25.6. The molecule has 0 spiro atoms. The zero-order chi connectivity index (χ0) is 28.9. The average molecular weight is 585 g/mol. The molecule has 0 saturated carbocycles. The summed E-state index contributed by atoms with van der Waals surface area (Å²) in [5.41, 5.74) is 0. The molecule has 0 rings (SSSR count). The minimum atomic E-state index is 0.527. The van der Waals surface area contributed by atoms with E-state index in [2.05, 4.69) is 6.92 Å². The van der Waals surface area contributed by atoms with Gasteiger partial charge in [-0.1, -0.05) is 39.0 Å². The van der Waals surface area contributed by atoms with Crippen LogP contribution in [0.5, 0.6) is 0 Å². The van der Waals surface area contributed by atoms with Gasteiger partial charge in [-0.2, -0.15) is 0 Å². The quantitative estimate of drug-likeness (QED) is 0.101. The lowest BCUT2D eigenvalue weighted by Crippen LogP contribution is -2.15. The van der Waals surface area contributed by atoms with Gasteiger partial charge in [0, 0.05) is 13.7 Å². The van der Waals surface area contributed by atoms with Gasteiger partial charge in [-0.25, -0.2) is 0 Å². The first kappa shape index (κ1) is 39.6. The summed E-state index contributed by atoms with van der Waals surface area (Å²) >= 11 is 0. The van der Waals surface area contributed by atoms with Crippen LogP contribution >= 0.6 is 0 Å². The van der Waals surface area contributed by atoms with Crippen molar-refractivity contribution in [3.8, 4) is 0 Å². The van der Waals surface area contributed by atoms with Crippen molar-refractivity contribution in [1.82, 2.24) is 0 Å². The summed E-state index contributed by atoms with van der Waals surface area (Å²) in [6.07, 6.45) is 7.70. The van der Waals surface area contributed by atoms with E-state index in [1.165, 1.54) is 32.1 Å². The van der Waals surface area contributed by atoms with E-state index in [-0.39, 0.29) is 0 Å². The van der Waals surface area contributed by atoms with E-state index in [1.54, 1.807) is 7.11 Å². The number of methoxy groups -OCH3 is 1. The minimum absolute atomic E-state index is 0.527. The molecular weight excluding hydrogens is 524 g/mol. The maximum Gasteiger partial charge on any atom is 0.0701 e. The molecule has 0 amide bonds. The molecule has 0 N–H and O–H groups in total. The first-order valence-corrected chi connectivity index (χ1v) is 15.2. The lowest BCUT2D eigenvalue weighted by atomic mass is 10.1. The van der Waals surface area contributed by atoms with Crippen molar-refractivity contribution < 1.29 is 52.1 Å². The number of hydrogen-bond acceptors (Lipinski definition) is 11. The molecule has 0 unspecified atom stereocenters. The van der Waals surface area contributed by atoms with Crippen molar-refractivity contribution in [2.75, 3.05) is 146 Å². The maximum atomic E-state index is 5.58. The average Bonchev–Trinajstić information content (AvgIpc) is 2.97. The summed E-state index contributed by atoms with van der Waals surface area (Å²) in [5, 5.41) is 0. The molecule has 0 bridgehead atoms. The van der Waals surface area contributed by atoms with Gasteiger partial charge in [0.25, 0.3) is 0 Å². The van der Waals surface area contributed by atoms with E-state index in [4.69, 9.17) is 52.1 Å². The molecule has 11 heteroatoms. The first-order valence-electron chi connectivity index (χ1n) is 15.2. The summed E-state index contributed by atoms with van der Waals surface area (Å²) in [6.45, 7) is 14.2. The van der Waals surface area contributed by atoms with E-state index >= 15 is 0 Å². The molecule has 242 valence electrons. The Kier molecular flexibility index (Phi) is 38.1. The van der Waals surface area contributed by atoms with Gasteiger partial charge >= 0.3 is 0 Å². The second-order valence-corrected chi connectivity index (χ2v) is 8.88. The molecule has 40 heavy (non-hydrogen) atoms. The van der Waals surface area contributed by atoms with Gasteiger partial charge in [-0.05, 0) is 6.42 Å². The van der Waals surface area contributed by atoms with Gasteiger partial charge in [0.2, 0.25) is 0 Å². The standard InChI is InChI=1S/C29H60O11/c1-3-4-5-6-7-8-9-31-12-13-33-16-17-35-20-21-37-24-25-39-28-29-40-27-26-38-23-22-36-19-18-34-15-14-32-11-10-30-2/h3-29H2,1-2H3. The molecule has 0 saturated heterocycles. The lowest BCUT2D eigenvalue weighted by Gasteiger charge is -2.09. The van der Waals surface area contributed by atoms with Crippen LogP contribution in [0.1, 0.15) is 45.4 Å². The van der Waals surface area contributed by atoms with Crippen LogP contribution in [0.15, 0.2) is 0 Å². The highest BCUT2D eigenvalue weighted by Crippen LogP contribution is 2.04. The molecule has 0 heterocycles. The molecule has 0 radical (unpaired) electrons. The van der Waals surface area contributed by atoms with Crippen LogP contribution in [0.25, 0.3) is 0 Å². The molecule has 0 aliphatic carbocycles. The van der Waals surface area contributed by atoms with Crippen LogP contribution in [-0.4, -0.2) is 146 Å². The van der Waals surface area contributed by atoms with Crippen LogP contribution < -0.4 is 0 Å². The Morgan fingerprint density at radius 3 is 0.750 bits per heavy atom. The molecule has 0 aromatic rings. The number of unbranched alkanes of at least 4 members (excludes halogenated alkanes) is 5. The fourth-order valence-corrected chi connectivity index (χ4v) is 3.21. The zero-order valence-electron chi connectivity index (χ0n) is 25.6. The molecular formula is C29H60O11. The van der Waals surface area contributed by atoms with Crippen LogP contribution in [0.2, 0.25) is 0 Å². The Morgan fingerprint density at radius 2 is 0.475 bits per heavy atom. The van der Waals surface area contributed by atoms with E-state index in [9.17, 15) is 0 Å². The molecule has 11 nitrogen and oxygen atoms in total. The van der Waals surface area contributed by atoms with Gasteiger partial charge < -0.3 is 52.1 Å². The van der Waals surface area contributed by atoms with Gasteiger partial charge in [-0.15, -0.1) is 0 Å². The third-order valence-electron chi connectivity index (χ3n) is 5.42. The molecule has 0 aliphatic rings. The fourth-order valence-electron chi connectivity index (χ4n) is 3.21. The van der Waals surface area contributed by atoms with Gasteiger partial charge in [0.1, 0.15) is 0 Å². The third kappa shape index (κ3) is 37.6. The van der Waals surface area contributed by atoms with Crippen molar-refractivity contribution in [1.29, 1.82) is 0 Å². The van der Waals surface area contributed by atoms with Gasteiger partial charge in [0.15, 0.2) is 0 Å². The Hall–Kier alpha value is -0.440. The molecule has 0 aromatic heterocycles. The van der Waals surface area contributed by atoms with E-state index in [0.717, 1.165) is 13.0 Å². The summed E-state index contributed by atoms with van der Waals surface area (Å²) in [4.78, 5) is 0. The van der Waals surface area contributed by atoms with Crippen LogP contribution in [-0.2, 0) is 52.1 Å². The van der Waals surface area contributed by atoms with Crippen LogP contribution in [0, 0.1) is 0 Å². The predicted octanol–water partition coefficient (Wildman–Crippen LogP) is 3.16. The van der Waals surface area contributed by atoms with E-state index in [0.29, 0.717) is 132 Å². The summed E-state index contributed by atoms with van der Waals surface area (Å²) in [5.74, 6) is 0. The lowest BCUT2D eigenvalue weighted by molar-refractivity contribution is -0.0271. The Labute approximate surface area is 243 Å². The van der Waals surface area contributed by atoms with Crippen LogP contribution in [0.3, 0.4) is 0 Å². The monoisotopic (exact) mass is 584 g/mol. The summed E-state index contributed by atoms with van der Waals surface area (Å²) in [7, 11) is 1.65. The first-order chi connectivity index (χ1) is 19.9. The third-order valence-corrected chi connectivity index (χ3v) is 5.42. The summed E-state index contributed by atoms with van der Waals surface area (Å²) in [6, 6.07) is 0. The maximum absolute atomic E-state index is 5.58. The van der Waals surface area contributed by atoms with Crippen molar-refractivity contribution in [3.63, 3.8) is 0 Å². The molecule has 0 aliphatic heterocycles. The largest absolute Gasteiger partial charge is 0.382 e. The van der Waals surface area contributed by atoms with Gasteiger partial charge in [0.05, 0.1) is 132 Å². The second-order valence-electron chi connectivity index (χ2n) is 8.88. The van der Waals surface area contributed by atoms with Crippen molar-refractivity contribution in [2.45, 2.75) is 45.4 Å². The number of ether oxygens (including phenoxy) is 11. The fraction of sp³-hybridized carbons (Fsp3) is 1.00. The normalized spacial score (nSPS) is 11.6. The Bertz CT molecular complexity index is 395. The molecule has 0 aromatic carbocycles. The number of rotatable bonds is 37. The number of hydrogen-bond donors (Lipinski definition) is 0. The topological polar surface area (TPSA) is 102 Å². The highest BCUT2D eigenvalue weighted by molar-refractivity contribution is 4.44. The van der Waals surface area contributed by atoms with Crippen molar-refractivity contribution in [3.05, 3.63) is 0 Å². The minimum Gasteiger partial charge on any atom is -0.382 e.